The van der Waals surface area contributed by atoms with E-state index in [4.69, 9.17) is 6.42 Å². The lowest BCUT2D eigenvalue weighted by Gasteiger charge is -2.41. The van der Waals surface area contributed by atoms with E-state index in [9.17, 15) is 5.11 Å². The highest BCUT2D eigenvalue weighted by Crippen LogP contribution is 2.24. The second-order valence-corrected chi connectivity index (χ2v) is 4.98. The van der Waals surface area contributed by atoms with Gasteiger partial charge in [0, 0.05) is 12.0 Å². The Hall–Kier alpha value is -0.520. The van der Waals surface area contributed by atoms with Crippen LogP contribution in [0.2, 0.25) is 0 Å². The fourth-order valence-electron chi connectivity index (χ4n) is 2.22. The SMILES string of the molecule is C#CCC(O)C(C)(C)N1CCCCCC1. The summed E-state index contributed by atoms with van der Waals surface area (Å²) in [5.74, 6) is 2.55. The molecule has 0 aliphatic carbocycles. The van der Waals surface area contributed by atoms with Crippen LogP contribution in [0, 0.1) is 12.3 Å². The van der Waals surface area contributed by atoms with Crippen LogP contribution < -0.4 is 0 Å². The summed E-state index contributed by atoms with van der Waals surface area (Å²) in [6, 6.07) is 0. The molecule has 0 aromatic carbocycles. The van der Waals surface area contributed by atoms with E-state index in [2.05, 4.69) is 24.7 Å². The minimum Gasteiger partial charge on any atom is -0.390 e. The first-order valence-corrected chi connectivity index (χ1v) is 5.95. The summed E-state index contributed by atoms with van der Waals surface area (Å²) in [4.78, 5) is 2.39. The predicted octanol–water partition coefficient (Wildman–Crippen LogP) is 2.03. The van der Waals surface area contributed by atoms with Crippen LogP contribution in [0.15, 0.2) is 0 Å². The van der Waals surface area contributed by atoms with Gasteiger partial charge in [-0.25, -0.2) is 0 Å². The van der Waals surface area contributed by atoms with Gasteiger partial charge in [-0.1, -0.05) is 12.8 Å². The van der Waals surface area contributed by atoms with Crippen LogP contribution in [0.4, 0.5) is 0 Å². The van der Waals surface area contributed by atoms with Crippen molar-refractivity contribution in [1.29, 1.82) is 0 Å². The molecule has 1 saturated heterocycles. The van der Waals surface area contributed by atoms with Gasteiger partial charge < -0.3 is 5.11 Å². The molecule has 2 nitrogen and oxygen atoms in total. The van der Waals surface area contributed by atoms with Crippen LogP contribution in [0.3, 0.4) is 0 Å². The lowest BCUT2D eigenvalue weighted by Crippen LogP contribution is -2.52. The van der Waals surface area contributed by atoms with Crippen molar-refractivity contribution in [2.75, 3.05) is 13.1 Å². The molecule has 1 heterocycles. The van der Waals surface area contributed by atoms with Crippen LogP contribution in [-0.2, 0) is 0 Å². The van der Waals surface area contributed by atoms with Gasteiger partial charge in [-0.05, 0) is 39.8 Å². The maximum atomic E-state index is 10.0. The minimum absolute atomic E-state index is 0.184. The van der Waals surface area contributed by atoms with Gasteiger partial charge in [0.2, 0.25) is 0 Å². The van der Waals surface area contributed by atoms with E-state index in [0.717, 1.165) is 13.1 Å². The fraction of sp³-hybridized carbons (Fsp3) is 0.846. The second-order valence-electron chi connectivity index (χ2n) is 4.98. The first-order chi connectivity index (χ1) is 7.09. The average Bonchev–Trinajstić information content (AvgIpc) is 2.46. The highest BCUT2D eigenvalue weighted by molar-refractivity contribution is 4.97. The molecule has 0 radical (unpaired) electrons. The summed E-state index contributed by atoms with van der Waals surface area (Å²) in [5.41, 5.74) is -0.184. The molecule has 0 aromatic rings. The molecule has 86 valence electrons. The van der Waals surface area contributed by atoms with Gasteiger partial charge in [-0.15, -0.1) is 12.3 Å². The number of hydrogen-bond acceptors (Lipinski definition) is 2. The molecule has 1 aliphatic heterocycles. The van der Waals surface area contributed by atoms with Gasteiger partial charge in [-0.2, -0.15) is 0 Å². The summed E-state index contributed by atoms with van der Waals surface area (Å²) in [6.07, 6.45) is 10.4. The van der Waals surface area contributed by atoms with E-state index in [-0.39, 0.29) is 5.54 Å². The maximum absolute atomic E-state index is 10.0. The summed E-state index contributed by atoms with van der Waals surface area (Å²) >= 11 is 0. The summed E-state index contributed by atoms with van der Waals surface area (Å²) < 4.78 is 0. The van der Waals surface area contributed by atoms with Gasteiger partial charge in [0.15, 0.2) is 0 Å². The summed E-state index contributed by atoms with van der Waals surface area (Å²) in [5, 5.41) is 10.0. The smallest absolute Gasteiger partial charge is 0.0827 e. The quantitative estimate of drug-likeness (QED) is 0.719. The normalized spacial score (nSPS) is 21.7. The Morgan fingerprint density at radius 2 is 1.80 bits per heavy atom. The zero-order valence-corrected chi connectivity index (χ0v) is 10.00. The Labute approximate surface area is 93.7 Å². The van der Waals surface area contributed by atoms with Crippen molar-refractivity contribution in [3.05, 3.63) is 0 Å². The van der Waals surface area contributed by atoms with E-state index >= 15 is 0 Å². The summed E-state index contributed by atoms with van der Waals surface area (Å²) in [6.45, 7) is 6.38. The van der Waals surface area contributed by atoms with Crippen molar-refractivity contribution >= 4 is 0 Å². The summed E-state index contributed by atoms with van der Waals surface area (Å²) in [7, 11) is 0. The van der Waals surface area contributed by atoms with E-state index in [1.54, 1.807) is 0 Å². The fourth-order valence-corrected chi connectivity index (χ4v) is 2.22. The molecule has 1 atom stereocenters. The molecule has 2 heteroatoms. The molecule has 0 aromatic heterocycles. The van der Waals surface area contributed by atoms with Crippen LogP contribution in [0.5, 0.6) is 0 Å². The third kappa shape index (κ3) is 3.22. The van der Waals surface area contributed by atoms with Crippen molar-refractivity contribution in [2.24, 2.45) is 0 Å². The van der Waals surface area contributed by atoms with Crippen LogP contribution >= 0.6 is 0 Å². The third-order valence-electron chi connectivity index (χ3n) is 3.55. The first kappa shape index (κ1) is 12.5. The molecular formula is C13H23NO. The number of aliphatic hydroxyl groups excluding tert-OH is 1. The van der Waals surface area contributed by atoms with Crippen molar-refractivity contribution < 1.29 is 5.11 Å². The highest BCUT2D eigenvalue weighted by atomic mass is 16.3. The standard InChI is InChI=1S/C13H23NO/c1-4-9-12(15)13(2,3)14-10-7-5-6-8-11-14/h1,12,15H,5-11H2,2-3H3. The zero-order valence-electron chi connectivity index (χ0n) is 10.00. The van der Waals surface area contributed by atoms with Gasteiger partial charge in [0.25, 0.3) is 0 Å². The van der Waals surface area contributed by atoms with Gasteiger partial charge in [0.05, 0.1) is 6.10 Å². The van der Waals surface area contributed by atoms with E-state index in [1.807, 2.05) is 0 Å². The molecule has 15 heavy (non-hydrogen) atoms. The van der Waals surface area contributed by atoms with Gasteiger partial charge in [0.1, 0.15) is 0 Å². The number of hydrogen-bond donors (Lipinski definition) is 1. The van der Waals surface area contributed by atoms with E-state index in [1.165, 1.54) is 25.7 Å². The highest BCUT2D eigenvalue weighted by Gasteiger charge is 2.33. The average molecular weight is 209 g/mol. The predicted molar refractivity (Wildman–Crippen MR) is 63.6 cm³/mol. The zero-order chi connectivity index (χ0) is 11.3. The molecule has 1 aliphatic rings. The lowest BCUT2D eigenvalue weighted by atomic mass is 9.92. The Bertz CT molecular complexity index is 221. The van der Waals surface area contributed by atoms with Crippen LogP contribution in [-0.4, -0.2) is 34.7 Å². The first-order valence-electron chi connectivity index (χ1n) is 5.95. The Balaban J connectivity index is 2.61. The molecular weight excluding hydrogens is 186 g/mol. The molecule has 0 saturated carbocycles. The number of rotatable bonds is 3. The van der Waals surface area contributed by atoms with Crippen molar-refractivity contribution in [3.63, 3.8) is 0 Å². The van der Waals surface area contributed by atoms with Crippen molar-refractivity contribution in [1.82, 2.24) is 4.90 Å². The third-order valence-corrected chi connectivity index (χ3v) is 3.55. The largest absolute Gasteiger partial charge is 0.390 e. The van der Waals surface area contributed by atoms with E-state index < -0.39 is 6.10 Å². The Morgan fingerprint density at radius 3 is 2.27 bits per heavy atom. The molecule has 1 unspecified atom stereocenters. The van der Waals surface area contributed by atoms with Crippen LogP contribution in [0.25, 0.3) is 0 Å². The number of aliphatic hydroxyl groups is 1. The number of nitrogens with zero attached hydrogens (tertiary/aromatic N) is 1. The molecule has 0 amide bonds. The molecule has 1 rings (SSSR count). The molecule has 0 bridgehead atoms. The number of terminal acetylenes is 1. The Morgan fingerprint density at radius 1 is 1.27 bits per heavy atom. The maximum Gasteiger partial charge on any atom is 0.0827 e. The lowest BCUT2D eigenvalue weighted by molar-refractivity contribution is -0.00527. The monoisotopic (exact) mass is 209 g/mol. The topological polar surface area (TPSA) is 23.5 Å². The molecule has 0 spiro atoms. The van der Waals surface area contributed by atoms with Crippen molar-refractivity contribution in [3.8, 4) is 12.3 Å². The minimum atomic E-state index is -0.416. The molecule has 1 fully saturated rings. The van der Waals surface area contributed by atoms with Crippen LogP contribution in [0.1, 0.15) is 46.0 Å². The van der Waals surface area contributed by atoms with Crippen molar-refractivity contribution in [2.45, 2.75) is 57.6 Å². The molecule has 1 N–H and O–H groups in total. The van der Waals surface area contributed by atoms with Gasteiger partial charge in [-0.3, -0.25) is 4.90 Å². The van der Waals surface area contributed by atoms with Gasteiger partial charge >= 0.3 is 0 Å². The van der Waals surface area contributed by atoms with E-state index in [0.29, 0.717) is 6.42 Å². The Kier molecular flexibility index (Phi) is 4.63. The second kappa shape index (κ2) is 5.53. The number of likely N-dealkylation sites (tertiary alicyclic amines) is 1.